The Morgan fingerprint density at radius 1 is 1.42 bits per heavy atom. The molecule has 0 aliphatic heterocycles. The number of halogens is 1. The van der Waals surface area contributed by atoms with Crippen molar-refractivity contribution in [2.45, 2.75) is 13.0 Å². The first-order chi connectivity index (χ1) is 5.79. The van der Waals surface area contributed by atoms with Crippen molar-refractivity contribution in [2.24, 2.45) is 5.73 Å². The molecule has 0 atom stereocenters. The zero-order chi connectivity index (χ0) is 8.97. The van der Waals surface area contributed by atoms with Crippen LogP contribution in [-0.4, -0.2) is 11.7 Å². The fraction of sp³-hybridized carbons (Fsp3) is 0.333. The lowest BCUT2D eigenvalue weighted by Crippen LogP contribution is -2.04. The van der Waals surface area contributed by atoms with E-state index in [9.17, 15) is 0 Å². The smallest absolute Gasteiger partial charge is 0.0471 e. The first kappa shape index (κ1) is 9.71. The van der Waals surface area contributed by atoms with E-state index in [-0.39, 0.29) is 6.61 Å². The molecule has 12 heavy (non-hydrogen) atoms. The molecular weight excluding hydrogens is 218 g/mol. The molecule has 0 aliphatic rings. The summed E-state index contributed by atoms with van der Waals surface area (Å²) in [5.74, 6) is 0. The van der Waals surface area contributed by atoms with Gasteiger partial charge in [0.1, 0.15) is 0 Å². The Balaban J connectivity index is 3.00. The molecule has 3 heteroatoms. The van der Waals surface area contributed by atoms with E-state index < -0.39 is 0 Å². The molecule has 0 heterocycles. The van der Waals surface area contributed by atoms with Crippen LogP contribution in [0, 0.1) is 0 Å². The van der Waals surface area contributed by atoms with E-state index in [1.54, 1.807) is 0 Å². The summed E-state index contributed by atoms with van der Waals surface area (Å²) in [6.45, 7) is 0.681. The largest absolute Gasteiger partial charge is 0.396 e. The highest BCUT2D eigenvalue weighted by atomic mass is 79.9. The van der Waals surface area contributed by atoms with Crippen LogP contribution in [0.2, 0.25) is 0 Å². The molecule has 0 amide bonds. The number of hydrogen-bond donors (Lipinski definition) is 2. The minimum atomic E-state index is 0.170. The van der Waals surface area contributed by atoms with Gasteiger partial charge in [0.2, 0.25) is 0 Å². The van der Waals surface area contributed by atoms with E-state index >= 15 is 0 Å². The summed E-state index contributed by atoms with van der Waals surface area (Å²) in [4.78, 5) is 0. The summed E-state index contributed by atoms with van der Waals surface area (Å²) in [6.07, 6.45) is 0.673. The monoisotopic (exact) mass is 229 g/mol. The first-order valence-electron chi connectivity index (χ1n) is 3.86. The highest BCUT2D eigenvalue weighted by Gasteiger charge is 2.03. The summed E-state index contributed by atoms with van der Waals surface area (Å²) >= 11 is 3.42. The van der Waals surface area contributed by atoms with Crippen LogP contribution >= 0.6 is 15.9 Å². The maximum Gasteiger partial charge on any atom is 0.0471 e. The van der Waals surface area contributed by atoms with E-state index in [1.807, 2.05) is 18.2 Å². The van der Waals surface area contributed by atoms with Crippen LogP contribution in [-0.2, 0) is 13.0 Å². The van der Waals surface area contributed by atoms with Gasteiger partial charge in [-0.3, -0.25) is 0 Å². The van der Waals surface area contributed by atoms with Crippen LogP contribution in [0.25, 0.3) is 0 Å². The average molecular weight is 230 g/mol. The third-order valence-corrected chi connectivity index (χ3v) is 2.54. The minimum absolute atomic E-state index is 0.170. The maximum atomic E-state index is 8.77. The maximum absolute atomic E-state index is 8.77. The SMILES string of the molecule is NCc1c(Br)cccc1CCO. The van der Waals surface area contributed by atoms with E-state index in [4.69, 9.17) is 10.8 Å². The lowest BCUT2D eigenvalue weighted by molar-refractivity contribution is 0.299. The lowest BCUT2D eigenvalue weighted by atomic mass is 10.1. The first-order valence-corrected chi connectivity index (χ1v) is 4.66. The van der Waals surface area contributed by atoms with Gasteiger partial charge in [0, 0.05) is 17.6 Å². The van der Waals surface area contributed by atoms with E-state index in [2.05, 4.69) is 15.9 Å². The summed E-state index contributed by atoms with van der Waals surface area (Å²) < 4.78 is 1.02. The van der Waals surface area contributed by atoms with Crippen LogP contribution in [0.15, 0.2) is 22.7 Å². The van der Waals surface area contributed by atoms with Crippen LogP contribution in [0.4, 0.5) is 0 Å². The molecule has 1 rings (SSSR count). The standard InChI is InChI=1S/C9H12BrNO/c10-9-3-1-2-7(4-5-12)8(9)6-11/h1-3,12H,4-6,11H2. The number of nitrogens with two attached hydrogens (primary N) is 1. The Bertz CT molecular complexity index is 263. The van der Waals surface area contributed by atoms with Gasteiger partial charge in [-0.1, -0.05) is 28.1 Å². The fourth-order valence-corrected chi connectivity index (χ4v) is 1.76. The van der Waals surface area contributed by atoms with E-state index in [0.29, 0.717) is 13.0 Å². The molecule has 1 aromatic rings. The Morgan fingerprint density at radius 2 is 2.17 bits per heavy atom. The van der Waals surface area contributed by atoms with E-state index in [1.165, 1.54) is 0 Å². The molecule has 0 unspecified atom stereocenters. The summed E-state index contributed by atoms with van der Waals surface area (Å²) in [5, 5.41) is 8.77. The van der Waals surface area contributed by atoms with Crippen molar-refractivity contribution in [3.63, 3.8) is 0 Å². The lowest BCUT2D eigenvalue weighted by Gasteiger charge is -2.07. The summed E-state index contributed by atoms with van der Waals surface area (Å²) in [5.41, 5.74) is 7.78. The molecule has 0 radical (unpaired) electrons. The van der Waals surface area contributed by atoms with Gasteiger partial charge in [0.15, 0.2) is 0 Å². The molecule has 0 fully saturated rings. The van der Waals surface area contributed by atoms with Gasteiger partial charge in [-0.05, 0) is 23.6 Å². The molecule has 0 saturated carbocycles. The van der Waals surface area contributed by atoms with Gasteiger partial charge in [-0.15, -0.1) is 0 Å². The molecule has 66 valence electrons. The molecule has 0 aromatic heterocycles. The predicted octanol–water partition coefficient (Wildman–Crippen LogP) is 1.44. The van der Waals surface area contributed by atoms with Crippen LogP contribution in [0.5, 0.6) is 0 Å². The van der Waals surface area contributed by atoms with Crippen molar-refractivity contribution in [3.8, 4) is 0 Å². The van der Waals surface area contributed by atoms with Gasteiger partial charge < -0.3 is 10.8 Å². The fourth-order valence-electron chi connectivity index (χ4n) is 1.19. The van der Waals surface area contributed by atoms with Gasteiger partial charge in [0.05, 0.1) is 0 Å². The molecule has 0 bridgehead atoms. The van der Waals surface area contributed by atoms with Crippen LogP contribution < -0.4 is 5.73 Å². The Morgan fingerprint density at radius 3 is 2.75 bits per heavy atom. The second kappa shape index (κ2) is 4.60. The second-order valence-electron chi connectivity index (χ2n) is 2.56. The van der Waals surface area contributed by atoms with Gasteiger partial charge in [-0.2, -0.15) is 0 Å². The number of rotatable bonds is 3. The Kier molecular flexibility index (Phi) is 3.72. The molecule has 3 N–H and O–H groups in total. The number of aliphatic hydroxyl groups is 1. The topological polar surface area (TPSA) is 46.2 Å². The van der Waals surface area contributed by atoms with Gasteiger partial charge in [-0.25, -0.2) is 0 Å². The number of hydrogen-bond acceptors (Lipinski definition) is 2. The molecular formula is C9H12BrNO. The zero-order valence-corrected chi connectivity index (χ0v) is 8.34. The molecule has 2 nitrogen and oxygen atoms in total. The van der Waals surface area contributed by atoms with Crippen molar-refractivity contribution in [1.82, 2.24) is 0 Å². The quantitative estimate of drug-likeness (QED) is 0.825. The third kappa shape index (κ3) is 2.06. The highest BCUT2D eigenvalue weighted by molar-refractivity contribution is 9.10. The normalized spacial score (nSPS) is 10.2. The summed E-state index contributed by atoms with van der Waals surface area (Å²) in [6, 6.07) is 5.90. The molecule has 1 aromatic carbocycles. The minimum Gasteiger partial charge on any atom is -0.396 e. The van der Waals surface area contributed by atoms with Crippen molar-refractivity contribution in [2.75, 3.05) is 6.61 Å². The predicted molar refractivity (Wildman–Crippen MR) is 52.8 cm³/mol. The second-order valence-corrected chi connectivity index (χ2v) is 3.41. The summed E-state index contributed by atoms with van der Waals surface area (Å²) in [7, 11) is 0. The third-order valence-electron chi connectivity index (χ3n) is 1.80. The number of benzene rings is 1. The Hall–Kier alpha value is -0.380. The van der Waals surface area contributed by atoms with Crippen LogP contribution in [0.3, 0.4) is 0 Å². The molecule has 0 aliphatic carbocycles. The molecule has 0 spiro atoms. The van der Waals surface area contributed by atoms with Gasteiger partial charge >= 0.3 is 0 Å². The van der Waals surface area contributed by atoms with Crippen molar-refractivity contribution < 1.29 is 5.11 Å². The van der Waals surface area contributed by atoms with Crippen molar-refractivity contribution >= 4 is 15.9 Å². The zero-order valence-electron chi connectivity index (χ0n) is 6.76. The van der Waals surface area contributed by atoms with E-state index in [0.717, 1.165) is 15.6 Å². The molecule has 0 saturated heterocycles. The van der Waals surface area contributed by atoms with Crippen molar-refractivity contribution in [1.29, 1.82) is 0 Å². The van der Waals surface area contributed by atoms with Gasteiger partial charge in [0.25, 0.3) is 0 Å². The number of aliphatic hydroxyl groups excluding tert-OH is 1. The Labute approximate surface area is 80.5 Å². The van der Waals surface area contributed by atoms with Crippen LogP contribution in [0.1, 0.15) is 11.1 Å². The van der Waals surface area contributed by atoms with Crippen molar-refractivity contribution in [3.05, 3.63) is 33.8 Å². The highest BCUT2D eigenvalue weighted by Crippen LogP contribution is 2.20. The average Bonchev–Trinajstić information content (AvgIpc) is 2.05.